The van der Waals surface area contributed by atoms with Gasteiger partial charge in [-0.2, -0.15) is 0 Å². The summed E-state index contributed by atoms with van der Waals surface area (Å²) in [6.45, 7) is 3.73. The molecule has 5 rings (SSSR count). The van der Waals surface area contributed by atoms with Gasteiger partial charge in [0.25, 0.3) is 0 Å². The van der Waals surface area contributed by atoms with Crippen LogP contribution in [0.5, 0.6) is 0 Å². The summed E-state index contributed by atoms with van der Waals surface area (Å²) >= 11 is 0. The molecule has 142 valence electrons. The number of hydrogen-bond acceptors (Lipinski definition) is 2. The van der Waals surface area contributed by atoms with E-state index in [-0.39, 0.29) is 5.82 Å². The SMILES string of the molecule is [2H]C(C)(C)c1ccnc(-c2cccc3c2oc2cc(-c4ccc(F)cc4)ccc23)c1. The molecule has 0 saturated carbocycles. The Morgan fingerprint density at radius 3 is 2.48 bits per heavy atom. The molecule has 0 amide bonds. The zero-order valence-corrected chi connectivity index (χ0v) is 16.2. The zero-order valence-electron chi connectivity index (χ0n) is 17.2. The average Bonchev–Trinajstić information content (AvgIpc) is 3.11. The summed E-state index contributed by atoms with van der Waals surface area (Å²) < 4.78 is 27.9. The molecular weight excluding hydrogens is 361 g/mol. The molecule has 3 aromatic carbocycles. The number of aromatic nitrogens is 1. The lowest BCUT2D eigenvalue weighted by molar-refractivity contribution is 0.628. The summed E-state index contributed by atoms with van der Waals surface area (Å²) in [5.74, 6) is -0.956. The highest BCUT2D eigenvalue weighted by atomic mass is 19.1. The van der Waals surface area contributed by atoms with Gasteiger partial charge in [0.2, 0.25) is 0 Å². The molecule has 0 N–H and O–H groups in total. The van der Waals surface area contributed by atoms with Crippen molar-refractivity contribution in [3.63, 3.8) is 0 Å². The molecule has 0 atom stereocenters. The maximum absolute atomic E-state index is 13.3. The Hall–Kier alpha value is -3.46. The maximum Gasteiger partial charge on any atom is 0.144 e. The van der Waals surface area contributed by atoms with Gasteiger partial charge in [-0.25, -0.2) is 4.39 Å². The molecule has 5 aromatic rings. The predicted octanol–water partition coefficient (Wildman–Crippen LogP) is 7.58. The number of hydrogen-bond donors (Lipinski definition) is 0. The fraction of sp³-hybridized carbons (Fsp3) is 0.115. The number of halogens is 1. The van der Waals surface area contributed by atoms with Crippen molar-refractivity contribution in [1.29, 1.82) is 0 Å². The summed E-state index contributed by atoms with van der Waals surface area (Å²) in [6, 6.07) is 22.4. The zero-order chi connectivity index (χ0) is 20.9. The van der Waals surface area contributed by atoms with Gasteiger partial charge in [-0.15, -0.1) is 0 Å². The third-order valence-electron chi connectivity index (χ3n) is 5.29. The molecule has 0 aliphatic heterocycles. The lowest BCUT2D eigenvalue weighted by Gasteiger charge is -2.07. The minimum absolute atomic E-state index is 0.251. The summed E-state index contributed by atoms with van der Waals surface area (Å²) in [6.07, 6.45) is 1.75. The third-order valence-corrected chi connectivity index (χ3v) is 5.29. The number of rotatable bonds is 3. The molecule has 29 heavy (non-hydrogen) atoms. The fourth-order valence-electron chi connectivity index (χ4n) is 3.71. The van der Waals surface area contributed by atoms with Crippen LogP contribution < -0.4 is 0 Å². The Morgan fingerprint density at radius 1 is 0.897 bits per heavy atom. The van der Waals surface area contributed by atoms with E-state index in [2.05, 4.69) is 4.98 Å². The normalized spacial score (nSPS) is 12.4. The van der Waals surface area contributed by atoms with Crippen molar-refractivity contribution < 1.29 is 10.2 Å². The number of para-hydroxylation sites is 1. The molecule has 0 bridgehead atoms. The Balaban J connectivity index is 1.68. The van der Waals surface area contributed by atoms with Crippen molar-refractivity contribution in [2.75, 3.05) is 0 Å². The molecule has 0 aliphatic rings. The van der Waals surface area contributed by atoms with E-state index in [0.29, 0.717) is 0 Å². The maximum atomic E-state index is 13.3. The van der Waals surface area contributed by atoms with Crippen molar-refractivity contribution in [3.05, 3.63) is 90.4 Å². The van der Waals surface area contributed by atoms with Gasteiger partial charge in [-0.05, 0) is 65.0 Å². The smallest absolute Gasteiger partial charge is 0.144 e. The van der Waals surface area contributed by atoms with Crippen molar-refractivity contribution >= 4 is 21.9 Å². The number of furan rings is 1. The van der Waals surface area contributed by atoms with Gasteiger partial charge in [0.15, 0.2) is 0 Å². The van der Waals surface area contributed by atoms with Crippen molar-refractivity contribution in [2.24, 2.45) is 0 Å². The minimum atomic E-state index is -0.705. The van der Waals surface area contributed by atoms with Crippen LogP contribution in [0.3, 0.4) is 0 Å². The highest BCUT2D eigenvalue weighted by Gasteiger charge is 2.14. The van der Waals surface area contributed by atoms with Crippen LogP contribution in [-0.2, 0) is 0 Å². The van der Waals surface area contributed by atoms with E-state index >= 15 is 0 Å². The lowest BCUT2D eigenvalue weighted by Crippen LogP contribution is -1.90. The summed E-state index contributed by atoms with van der Waals surface area (Å²) in [7, 11) is 0. The van der Waals surface area contributed by atoms with Gasteiger partial charge >= 0.3 is 0 Å². The number of pyridine rings is 1. The molecule has 0 radical (unpaired) electrons. The molecule has 0 aliphatic carbocycles. The lowest BCUT2D eigenvalue weighted by atomic mass is 10.00. The first-order valence-electron chi connectivity index (χ1n) is 10.1. The van der Waals surface area contributed by atoms with Crippen molar-refractivity contribution in [1.82, 2.24) is 4.98 Å². The van der Waals surface area contributed by atoms with Gasteiger partial charge in [-0.3, -0.25) is 4.98 Å². The van der Waals surface area contributed by atoms with Gasteiger partial charge < -0.3 is 4.42 Å². The standard InChI is InChI=1S/C26H20FNO/c1-16(2)18-12-13-28-24(14-18)23-5-3-4-22-21-11-8-19(15-25(21)29-26(22)23)17-6-9-20(27)10-7-17/h3-16H,1-2H3/i16D. The van der Waals surface area contributed by atoms with Crippen LogP contribution in [0.25, 0.3) is 44.3 Å². The summed E-state index contributed by atoms with van der Waals surface area (Å²) in [5, 5.41) is 2.04. The van der Waals surface area contributed by atoms with Crippen LogP contribution in [0.1, 0.15) is 26.7 Å². The molecule has 2 heterocycles. The first-order chi connectivity index (χ1) is 14.4. The molecular formula is C26H20FNO. The second-order valence-electron chi connectivity index (χ2n) is 7.43. The van der Waals surface area contributed by atoms with Crippen LogP contribution in [-0.4, -0.2) is 4.98 Å². The van der Waals surface area contributed by atoms with Crippen molar-refractivity contribution in [3.8, 4) is 22.4 Å². The minimum Gasteiger partial charge on any atom is -0.455 e. The monoisotopic (exact) mass is 382 g/mol. The first-order valence-corrected chi connectivity index (χ1v) is 9.58. The van der Waals surface area contributed by atoms with E-state index in [0.717, 1.165) is 49.9 Å². The Bertz CT molecular complexity index is 1380. The Kier molecular flexibility index (Phi) is 3.90. The third kappa shape index (κ3) is 3.09. The highest BCUT2D eigenvalue weighted by molar-refractivity contribution is 6.10. The van der Waals surface area contributed by atoms with E-state index in [9.17, 15) is 4.39 Å². The Morgan fingerprint density at radius 2 is 1.69 bits per heavy atom. The predicted molar refractivity (Wildman–Crippen MR) is 116 cm³/mol. The van der Waals surface area contributed by atoms with E-state index in [4.69, 9.17) is 5.79 Å². The Labute approximate surface area is 170 Å². The summed E-state index contributed by atoms with van der Waals surface area (Å²) in [4.78, 5) is 4.54. The number of nitrogens with zero attached hydrogens (tertiary/aromatic N) is 1. The molecule has 0 fully saturated rings. The van der Waals surface area contributed by atoms with E-state index in [1.807, 2.05) is 62.4 Å². The van der Waals surface area contributed by atoms with Gasteiger partial charge in [0.05, 0.1) is 5.69 Å². The van der Waals surface area contributed by atoms with Crippen LogP contribution in [0.2, 0.25) is 0 Å². The van der Waals surface area contributed by atoms with Crippen LogP contribution >= 0.6 is 0 Å². The second kappa shape index (κ2) is 6.85. The largest absolute Gasteiger partial charge is 0.455 e. The molecule has 2 aromatic heterocycles. The van der Waals surface area contributed by atoms with Gasteiger partial charge in [0.1, 0.15) is 17.0 Å². The number of benzene rings is 3. The van der Waals surface area contributed by atoms with Gasteiger partial charge in [0, 0.05) is 23.9 Å². The number of fused-ring (bicyclic) bond motifs is 3. The van der Waals surface area contributed by atoms with Crippen LogP contribution in [0.4, 0.5) is 4.39 Å². The van der Waals surface area contributed by atoms with Gasteiger partial charge in [-0.1, -0.05) is 44.2 Å². The molecule has 0 unspecified atom stereocenters. The van der Waals surface area contributed by atoms with E-state index in [1.165, 1.54) is 12.1 Å². The molecule has 2 nitrogen and oxygen atoms in total. The van der Waals surface area contributed by atoms with E-state index < -0.39 is 5.89 Å². The second-order valence-corrected chi connectivity index (χ2v) is 7.43. The van der Waals surface area contributed by atoms with Crippen LogP contribution in [0.15, 0.2) is 83.4 Å². The molecule has 0 saturated heterocycles. The molecule has 3 heteroatoms. The first kappa shape index (κ1) is 16.5. The topological polar surface area (TPSA) is 26.0 Å². The highest BCUT2D eigenvalue weighted by Crippen LogP contribution is 2.37. The molecule has 0 spiro atoms. The van der Waals surface area contributed by atoms with Crippen LogP contribution in [0, 0.1) is 5.82 Å². The quantitative estimate of drug-likeness (QED) is 0.321. The average molecular weight is 382 g/mol. The fourth-order valence-corrected chi connectivity index (χ4v) is 3.71. The van der Waals surface area contributed by atoms with Crippen molar-refractivity contribution in [2.45, 2.75) is 19.7 Å². The van der Waals surface area contributed by atoms with E-state index in [1.54, 1.807) is 18.3 Å². The summed E-state index contributed by atoms with van der Waals surface area (Å²) in [5.41, 5.74) is 6.05.